The van der Waals surface area contributed by atoms with Gasteiger partial charge in [-0.3, -0.25) is 14.5 Å². The summed E-state index contributed by atoms with van der Waals surface area (Å²) >= 11 is 6.20. The van der Waals surface area contributed by atoms with Crippen LogP contribution in [0.25, 0.3) is 0 Å². The number of oxime groups is 1. The number of aromatic carboxylic acids is 1. The lowest BCUT2D eigenvalue weighted by Crippen LogP contribution is -2.42. The summed E-state index contributed by atoms with van der Waals surface area (Å²) in [5.74, 6) is -2.00. The number of likely N-dealkylation sites (tertiary alicyclic amines) is 1. The Kier molecular flexibility index (Phi) is 9.50. The smallest absolute Gasteiger partial charge is 0.335 e. The number of amides is 2. The Balaban J connectivity index is 1.55. The number of carbonyl (C=O) groups is 3. The van der Waals surface area contributed by atoms with Crippen LogP contribution in [-0.4, -0.2) is 47.2 Å². The molecule has 1 aliphatic rings. The van der Waals surface area contributed by atoms with Crippen molar-refractivity contribution in [3.05, 3.63) is 94.3 Å². The number of hydrogen-bond donors (Lipinski definition) is 1. The Bertz CT molecular complexity index is 1430. The van der Waals surface area contributed by atoms with E-state index in [1.807, 2.05) is 0 Å². The lowest BCUT2D eigenvalue weighted by molar-refractivity contribution is -0.146. The molecule has 1 saturated heterocycles. The van der Waals surface area contributed by atoms with Crippen molar-refractivity contribution in [2.75, 3.05) is 13.7 Å². The Morgan fingerprint density at radius 1 is 1.12 bits per heavy atom. The molecule has 8 nitrogen and oxygen atoms in total. The van der Waals surface area contributed by atoms with Gasteiger partial charge >= 0.3 is 5.97 Å². The van der Waals surface area contributed by atoms with Crippen molar-refractivity contribution in [2.24, 2.45) is 11.1 Å². The van der Waals surface area contributed by atoms with E-state index in [0.717, 1.165) is 11.1 Å². The van der Waals surface area contributed by atoms with Gasteiger partial charge in [-0.2, -0.15) is 0 Å². The molecule has 0 bridgehead atoms. The zero-order chi connectivity index (χ0) is 28.6. The van der Waals surface area contributed by atoms with Crippen molar-refractivity contribution < 1.29 is 33.5 Å². The fourth-order valence-corrected chi connectivity index (χ4v) is 4.71. The number of halogens is 2. The molecule has 4 rings (SSSR count). The summed E-state index contributed by atoms with van der Waals surface area (Å²) < 4.78 is 19.0. The summed E-state index contributed by atoms with van der Waals surface area (Å²) in [4.78, 5) is 44.8. The topological polar surface area (TPSA) is 106 Å². The number of methoxy groups -OCH3 is 1. The van der Waals surface area contributed by atoms with Gasteiger partial charge in [-0.15, -0.1) is 0 Å². The van der Waals surface area contributed by atoms with Gasteiger partial charge in [0.15, 0.2) is 5.75 Å². The first-order valence-corrected chi connectivity index (χ1v) is 13.1. The van der Waals surface area contributed by atoms with Crippen molar-refractivity contribution in [1.29, 1.82) is 0 Å². The third kappa shape index (κ3) is 7.45. The van der Waals surface area contributed by atoms with Gasteiger partial charge in [-0.05, 0) is 79.3 Å². The van der Waals surface area contributed by atoms with Gasteiger partial charge in [-0.25, -0.2) is 9.18 Å². The zero-order valence-electron chi connectivity index (χ0n) is 21.8. The molecule has 1 unspecified atom stereocenters. The SMILES string of the molecule is COc1ccc(Cl)cc1CC1CC/C(=N\Oc2cccc(F)c2)CN(C(=O)CCc2ccc(C(=O)O)cc2)C1=O. The van der Waals surface area contributed by atoms with Gasteiger partial charge in [0, 0.05) is 23.4 Å². The molecule has 40 heavy (non-hydrogen) atoms. The van der Waals surface area contributed by atoms with Crippen LogP contribution in [0.1, 0.15) is 40.7 Å². The van der Waals surface area contributed by atoms with E-state index in [4.69, 9.17) is 26.3 Å². The first-order chi connectivity index (χ1) is 19.2. The maximum atomic E-state index is 13.7. The van der Waals surface area contributed by atoms with Crippen LogP contribution in [0.5, 0.6) is 11.5 Å². The molecule has 2 amide bonds. The minimum Gasteiger partial charge on any atom is -0.496 e. The van der Waals surface area contributed by atoms with Crippen LogP contribution >= 0.6 is 11.6 Å². The maximum absolute atomic E-state index is 13.7. The van der Waals surface area contributed by atoms with E-state index in [1.165, 1.54) is 42.3 Å². The van der Waals surface area contributed by atoms with Crippen LogP contribution in [0.15, 0.2) is 71.9 Å². The van der Waals surface area contributed by atoms with E-state index in [1.54, 1.807) is 36.4 Å². The van der Waals surface area contributed by atoms with Gasteiger partial charge in [0.05, 0.1) is 24.9 Å². The number of carbonyl (C=O) groups excluding carboxylic acids is 2. The molecule has 0 aromatic heterocycles. The summed E-state index contributed by atoms with van der Waals surface area (Å²) in [6.07, 6.45) is 1.45. The second-order valence-corrected chi connectivity index (χ2v) is 9.86. The number of imide groups is 1. The van der Waals surface area contributed by atoms with Gasteiger partial charge in [0.1, 0.15) is 11.6 Å². The predicted octanol–water partition coefficient (Wildman–Crippen LogP) is 5.56. The monoisotopic (exact) mass is 566 g/mol. The molecule has 10 heteroatoms. The highest BCUT2D eigenvalue weighted by molar-refractivity contribution is 6.30. The van der Waals surface area contributed by atoms with Crippen molar-refractivity contribution >= 4 is 35.1 Å². The molecule has 1 N–H and O–H groups in total. The standard InChI is InChI=1S/C30H28ClFN2O6/c1-39-27-13-11-23(31)16-22(27)15-21-10-12-25(33-40-26-4-2-3-24(32)17-26)18-34(29(21)36)28(35)14-7-19-5-8-20(9-6-19)30(37)38/h2-6,8-9,11,13,16-17,21H,7,10,12,14-15,18H2,1H3,(H,37,38)/b33-25+. The van der Waals surface area contributed by atoms with Gasteiger partial charge < -0.3 is 14.7 Å². The summed E-state index contributed by atoms with van der Waals surface area (Å²) in [5, 5.41) is 13.8. The Morgan fingerprint density at radius 3 is 2.60 bits per heavy atom. The Labute approximate surface area is 236 Å². The van der Waals surface area contributed by atoms with E-state index in [9.17, 15) is 18.8 Å². The predicted molar refractivity (Wildman–Crippen MR) is 147 cm³/mol. The summed E-state index contributed by atoms with van der Waals surface area (Å²) in [7, 11) is 1.54. The molecule has 1 aliphatic heterocycles. The number of rotatable bonds is 9. The summed E-state index contributed by atoms with van der Waals surface area (Å²) in [5.41, 5.74) is 2.13. The molecular formula is C30H28ClFN2O6. The first kappa shape index (κ1) is 28.8. The largest absolute Gasteiger partial charge is 0.496 e. The third-order valence-corrected chi connectivity index (χ3v) is 6.89. The van der Waals surface area contributed by atoms with Crippen LogP contribution in [-0.2, 0) is 22.4 Å². The first-order valence-electron chi connectivity index (χ1n) is 12.7. The van der Waals surface area contributed by atoms with Crippen LogP contribution < -0.4 is 9.57 Å². The molecular weight excluding hydrogens is 539 g/mol. The van der Waals surface area contributed by atoms with Crippen LogP contribution in [0.2, 0.25) is 5.02 Å². The highest BCUT2D eigenvalue weighted by Crippen LogP contribution is 2.29. The van der Waals surface area contributed by atoms with E-state index in [-0.39, 0.29) is 30.2 Å². The van der Waals surface area contributed by atoms with Crippen molar-refractivity contribution in [1.82, 2.24) is 4.90 Å². The van der Waals surface area contributed by atoms with E-state index < -0.39 is 23.6 Å². The average Bonchev–Trinajstić information content (AvgIpc) is 3.09. The molecule has 1 atom stereocenters. The van der Waals surface area contributed by atoms with Gasteiger partial charge in [-0.1, -0.05) is 35.0 Å². The third-order valence-electron chi connectivity index (χ3n) is 6.65. The van der Waals surface area contributed by atoms with Crippen LogP contribution in [0.3, 0.4) is 0 Å². The fourth-order valence-electron chi connectivity index (χ4n) is 4.51. The number of nitrogens with zero attached hydrogens (tertiary/aromatic N) is 2. The number of ether oxygens (including phenoxy) is 1. The Morgan fingerprint density at radius 2 is 1.90 bits per heavy atom. The summed E-state index contributed by atoms with van der Waals surface area (Å²) in [6.45, 7) is -0.0614. The Hall–Kier alpha value is -4.24. The van der Waals surface area contributed by atoms with Crippen LogP contribution in [0.4, 0.5) is 4.39 Å². The summed E-state index contributed by atoms with van der Waals surface area (Å²) in [6, 6.07) is 17.0. The van der Waals surface area contributed by atoms with Gasteiger partial charge in [0.2, 0.25) is 11.8 Å². The lowest BCUT2D eigenvalue weighted by atomic mass is 9.93. The molecule has 3 aromatic rings. The minimum absolute atomic E-state index is 0.0311. The number of carboxylic acids is 1. The van der Waals surface area contributed by atoms with E-state index >= 15 is 0 Å². The molecule has 208 valence electrons. The second-order valence-electron chi connectivity index (χ2n) is 9.42. The maximum Gasteiger partial charge on any atom is 0.335 e. The highest BCUT2D eigenvalue weighted by Gasteiger charge is 2.34. The molecule has 1 fully saturated rings. The molecule has 0 radical (unpaired) electrons. The average molecular weight is 567 g/mol. The molecule has 3 aromatic carbocycles. The number of carboxylic acid groups (broad SMARTS) is 1. The highest BCUT2D eigenvalue weighted by atomic mass is 35.5. The van der Waals surface area contributed by atoms with Crippen molar-refractivity contribution in [3.63, 3.8) is 0 Å². The zero-order valence-corrected chi connectivity index (χ0v) is 22.6. The van der Waals surface area contributed by atoms with E-state index in [2.05, 4.69) is 5.16 Å². The lowest BCUT2D eigenvalue weighted by Gasteiger charge is -2.23. The molecule has 0 saturated carbocycles. The number of hydrogen-bond acceptors (Lipinski definition) is 6. The molecule has 1 heterocycles. The van der Waals surface area contributed by atoms with Crippen LogP contribution in [0, 0.1) is 11.7 Å². The minimum atomic E-state index is -1.03. The van der Waals surface area contributed by atoms with Gasteiger partial charge in [0.25, 0.3) is 0 Å². The fraction of sp³-hybridized carbons (Fsp3) is 0.267. The molecule has 0 aliphatic carbocycles. The second kappa shape index (κ2) is 13.2. The quantitative estimate of drug-likeness (QED) is 0.340. The van der Waals surface area contributed by atoms with Crippen molar-refractivity contribution in [2.45, 2.75) is 32.1 Å². The van der Waals surface area contributed by atoms with Crippen molar-refractivity contribution in [3.8, 4) is 11.5 Å². The number of benzene rings is 3. The number of aryl methyl sites for hydroxylation is 1. The molecule has 0 spiro atoms. The van der Waals surface area contributed by atoms with E-state index in [0.29, 0.717) is 42.2 Å². The normalized spacial score (nSPS) is 16.5.